The average molecular weight is 483 g/mol. The molecule has 0 saturated heterocycles. The molecule has 0 fully saturated rings. The van der Waals surface area contributed by atoms with Crippen LogP contribution in [0.4, 0.5) is 18.9 Å². The smallest absolute Gasteiger partial charge is 0.450 e. The topological polar surface area (TPSA) is 102 Å². The van der Waals surface area contributed by atoms with Crippen molar-refractivity contribution in [2.24, 2.45) is 7.05 Å². The fourth-order valence-electron chi connectivity index (χ4n) is 3.53. The molecule has 0 spiro atoms. The van der Waals surface area contributed by atoms with Gasteiger partial charge < -0.3 is 19.4 Å². The van der Waals surface area contributed by atoms with Crippen LogP contribution in [0.25, 0.3) is 11.1 Å². The molecule has 0 aliphatic rings. The number of nitrogens with one attached hydrogen (secondary N) is 1. The fourth-order valence-corrected chi connectivity index (χ4v) is 3.66. The zero-order chi connectivity index (χ0) is 24.7. The van der Waals surface area contributed by atoms with Crippen molar-refractivity contribution in [1.29, 1.82) is 0 Å². The van der Waals surface area contributed by atoms with Crippen molar-refractivity contribution in [3.8, 4) is 11.1 Å². The summed E-state index contributed by atoms with van der Waals surface area (Å²) in [6.07, 6.45) is -5.42. The average Bonchev–Trinajstić information content (AvgIpc) is 3.12. The van der Waals surface area contributed by atoms with Crippen molar-refractivity contribution in [2.75, 3.05) is 5.32 Å². The van der Waals surface area contributed by atoms with Crippen molar-refractivity contribution in [3.63, 3.8) is 0 Å². The van der Waals surface area contributed by atoms with E-state index in [2.05, 4.69) is 9.73 Å². The van der Waals surface area contributed by atoms with E-state index >= 15 is 0 Å². The molecule has 0 radical (unpaired) electrons. The lowest BCUT2D eigenvalue weighted by molar-refractivity contribution is -0.153. The Kier molecular flexibility index (Phi) is 6.42. The zero-order valence-corrected chi connectivity index (χ0v) is 18.4. The van der Waals surface area contributed by atoms with Crippen LogP contribution in [-0.2, 0) is 24.4 Å². The Balaban J connectivity index is 2.20. The second kappa shape index (κ2) is 8.78. The van der Waals surface area contributed by atoms with Gasteiger partial charge in [0.1, 0.15) is 11.4 Å². The summed E-state index contributed by atoms with van der Waals surface area (Å²) in [6.45, 7) is 2.73. The fraction of sp³-hybridized carbons (Fsp3) is 0.227. The number of benzene rings is 1. The molecule has 3 aromatic rings. The van der Waals surface area contributed by atoms with Crippen LogP contribution in [0, 0.1) is 13.8 Å². The predicted molar refractivity (Wildman–Crippen MR) is 115 cm³/mol. The highest BCUT2D eigenvalue weighted by atomic mass is 35.5. The third-order valence-electron chi connectivity index (χ3n) is 5.01. The molecule has 0 aliphatic carbocycles. The molecule has 0 atom stereocenters. The molecule has 2 N–H and O–H groups in total. The number of pyridine rings is 1. The second-order valence-corrected chi connectivity index (χ2v) is 7.75. The number of hydrogen-bond donors (Lipinski definition) is 2. The largest absolute Gasteiger partial charge is 0.481 e. The third-order valence-corrected chi connectivity index (χ3v) is 5.26. The van der Waals surface area contributed by atoms with Crippen molar-refractivity contribution >= 4 is 29.2 Å². The summed E-state index contributed by atoms with van der Waals surface area (Å²) in [5.41, 5.74) is -0.638. The Morgan fingerprint density at radius 3 is 2.33 bits per heavy atom. The van der Waals surface area contributed by atoms with Crippen LogP contribution in [0.3, 0.4) is 0 Å². The summed E-state index contributed by atoms with van der Waals surface area (Å²) in [7, 11) is 1.32. The van der Waals surface area contributed by atoms with Gasteiger partial charge >= 0.3 is 12.1 Å². The van der Waals surface area contributed by atoms with Crippen molar-refractivity contribution in [2.45, 2.75) is 26.4 Å². The predicted octanol–water partition coefficient (Wildman–Crippen LogP) is 4.81. The van der Waals surface area contributed by atoms with Crippen LogP contribution in [0.15, 0.2) is 39.5 Å². The monoisotopic (exact) mass is 482 g/mol. The van der Waals surface area contributed by atoms with Crippen molar-refractivity contribution < 1.29 is 32.3 Å². The van der Waals surface area contributed by atoms with Crippen LogP contribution in [-0.4, -0.2) is 21.6 Å². The Morgan fingerprint density at radius 1 is 1.18 bits per heavy atom. The molecule has 0 unspecified atom stereocenters. The maximum Gasteiger partial charge on any atom is 0.450 e. The molecular weight excluding hydrogens is 465 g/mol. The molecule has 11 heteroatoms. The van der Waals surface area contributed by atoms with Crippen LogP contribution < -0.4 is 10.9 Å². The van der Waals surface area contributed by atoms with Crippen molar-refractivity contribution in [3.05, 3.63) is 74.0 Å². The normalized spacial score (nSPS) is 11.5. The van der Waals surface area contributed by atoms with E-state index in [9.17, 15) is 32.7 Å². The van der Waals surface area contributed by atoms with E-state index in [4.69, 9.17) is 11.6 Å². The number of carbonyl (C=O) groups is 2. The van der Waals surface area contributed by atoms with Gasteiger partial charge in [0.15, 0.2) is 0 Å². The number of anilines is 1. The van der Waals surface area contributed by atoms with Crippen LogP contribution in [0.5, 0.6) is 0 Å². The summed E-state index contributed by atoms with van der Waals surface area (Å²) in [6, 6.07) is 7.26. The second-order valence-electron chi connectivity index (χ2n) is 7.32. The van der Waals surface area contributed by atoms with E-state index < -0.39 is 41.4 Å². The van der Waals surface area contributed by atoms with E-state index in [1.165, 1.54) is 20.9 Å². The van der Waals surface area contributed by atoms with Crippen LogP contribution in [0.2, 0.25) is 5.02 Å². The Morgan fingerprint density at radius 2 is 1.79 bits per heavy atom. The number of aromatic nitrogens is 1. The first-order valence-corrected chi connectivity index (χ1v) is 9.88. The van der Waals surface area contributed by atoms with Gasteiger partial charge in [-0.3, -0.25) is 14.4 Å². The third kappa shape index (κ3) is 4.80. The highest BCUT2D eigenvalue weighted by Gasteiger charge is 2.40. The van der Waals surface area contributed by atoms with Gasteiger partial charge in [0, 0.05) is 23.3 Å². The van der Waals surface area contributed by atoms with E-state index in [-0.39, 0.29) is 22.7 Å². The number of aryl methyl sites for hydroxylation is 1. The number of carboxylic acids is 1. The number of carbonyl (C=O) groups excluding carboxylic acids is 1. The molecule has 1 aromatic carbocycles. The number of carboxylic acid groups (broad SMARTS) is 1. The molecule has 2 aromatic heterocycles. The number of amides is 1. The van der Waals surface area contributed by atoms with Crippen LogP contribution >= 0.6 is 11.6 Å². The van der Waals surface area contributed by atoms with Crippen molar-refractivity contribution in [1.82, 2.24) is 4.57 Å². The minimum atomic E-state index is -4.92. The Hall–Kier alpha value is -3.53. The zero-order valence-electron chi connectivity index (χ0n) is 17.6. The van der Waals surface area contributed by atoms with E-state index in [1.807, 2.05) is 0 Å². The molecule has 0 saturated carbocycles. The van der Waals surface area contributed by atoms with Gasteiger partial charge in [0.2, 0.25) is 5.76 Å². The van der Waals surface area contributed by atoms with Gasteiger partial charge in [-0.1, -0.05) is 23.7 Å². The quantitative estimate of drug-likeness (QED) is 0.543. The van der Waals surface area contributed by atoms with Gasteiger partial charge in [-0.2, -0.15) is 13.2 Å². The lowest BCUT2D eigenvalue weighted by atomic mass is 9.95. The van der Waals surface area contributed by atoms with Crippen LogP contribution in [0.1, 0.15) is 33.1 Å². The highest BCUT2D eigenvalue weighted by molar-refractivity contribution is 6.30. The number of nitrogens with zero attached hydrogens (tertiary/aromatic N) is 1. The molecule has 3 rings (SSSR count). The molecule has 1 amide bonds. The number of furan rings is 1. The first-order chi connectivity index (χ1) is 15.3. The number of hydrogen-bond acceptors (Lipinski definition) is 4. The maximum atomic E-state index is 13.3. The molecule has 33 heavy (non-hydrogen) atoms. The van der Waals surface area contributed by atoms with Gasteiger partial charge in [0.25, 0.3) is 11.5 Å². The number of aliphatic carboxylic acids is 1. The lowest BCUT2D eigenvalue weighted by Gasteiger charge is -2.20. The summed E-state index contributed by atoms with van der Waals surface area (Å²) < 4.78 is 45.5. The summed E-state index contributed by atoms with van der Waals surface area (Å²) >= 11 is 5.93. The van der Waals surface area contributed by atoms with Gasteiger partial charge in [-0.05, 0) is 43.2 Å². The Labute approximate surface area is 190 Å². The highest BCUT2D eigenvalue weighted by Crippen LogP contribution is 2.35. The SMILES string of the molecule is Cc1cc(C(=O)Nc2c(C)c(-c3ccc(Cl)cc3)c(CC(=O)O)n(C)c2=O)c(C(F)(F)F)o1. The molecular formula is C22H18ClF3N2O5. The van der Waals surface area contributed by atoms with Gasteiger partial charge in [0.05, 0.1) is 12.0 Å². The number of halogens is 4. The molecule has 0 aliphatic heterocycles. The molecule has 2 heterocycles. The van der Waals surface area contributed by atoms with E-state index in [0.717, 1.165) is 10.6 Å². The molecule has 0 bridgehead atoms. The van der Waals surface area contributed by atoms with E-state index in [1.54, 1.807) is 24.3 Å². The van der Waals surface area contributed by atoms with Gasteiger partial charge in [-0.25, -0.2) is 0 Å². The minimum Gasteiger partial charge on any atom is -0.481 e. The summed E-state index contributed by atoms with van der Waals surface area (Å²) in [4.78, 5) is 37.1. The minimum absolute atomic E-state index is 0.129. The summed E-state index contributed by atoms with van der Waals surface area (Å²) in [5.74, 6) is -3.99. The first-order valence-electron chi connectivity index (χ1n) is 9.50. The first kappa shape index (κ1) is 24.1. The lowest BCUT2D eigenvalue weighted by Crippen LogP contribution is -2.30. The number of rotatable bonds is 5. The maximum absolute atomic E-state index is 13.3. The molecule has 7 nitrogen and oxygen atoms in total. The van der Waals surface area contributed by atoms with E-state index in [0.29, 0.717) is 16.1 Å². The molecule has 174 valence electrons. The van der Waals surface area contributed by atoms with Gasteiger partial charge in [-0.15, -0.1) is 0 Å². The number of alkyl halides is 3. The Bertz CT molecular complexity index is 1310. The standard InChI is InChI=1S/C22H18ClF3N2O5/c1-10-8-14(19(33-10)22(24,25)26)20(31)27-18-11(2)17(12-4-6-13(23)7-5-12)15(9-16(29)30)28(3)21(18)32/h4-8H,9H2,1-3H3,(H,27,31)(H,29,30). The summed E-state index contributed by atoms with van der Waals surface area (Å²) in [5, 5.41) is 12.0.